The van der Waals surface area contributed by atoms with E-state index in [0.29, 0.717) is 0 Å². The van der Waals surface area contributed by atoms with E-state index >= 15 is 0 Å². The fourth-order valence-electron chi connectivity index (χ4n) is 7.63. The Morgan fingerprint density at radius 1 is 0.628 bits per heavy atom. The quantitative estimate of drug-likeness (QED) is 0.184. The number of ether oxygens (including phenoxy) is 1. The van der Waals surface area contributed by atoms with E-state index in [2.05, 4.69) is 132 Å². The molecule has 0 fully saturated rings. The van der Waals surface area contributed by atoms with Crippen LogP contribution in [0.5, 0.6) is 11.5 Å². The first-order valence-corrected chi connectivity index (χ1v) is 15.6. The molecule has 0 atom stereocenters. The van der Waals surface area contributed by atoms with Crippen LogP contribution >= 0.6 is 11.8 Å². The normalized spacial score (nSPS) is 13.8. The van der Waals surface area contributed by atoms with Crippen molar-refractivity contribution in [1.82, 2.24) is 4.57 Å². The number of anilines is 2. The first-order chi connectivity index (χ1) is 21.2. The average Bonchev–Trinajstić information content (AvgIpc) is 3.37. The summed E-state index contributed by atoms with van der Waals surface area (Å²) in [6, 6.07) is 42.3. The zero-order valence-electron chi connectivity index (χ0n) is 23.8. The highest BCUT2D eigenvalue weighted by molar-refractivity contribution is 7.99. The number of benzene rings is 6. The molecule has 0 radical (unpaired) electrons. The lowest BCUT2D eigenvalue weighted by Gasteiger charge is -2.43. The molecule has 0 bridgehead atoms. The first kappa shape index (κ1) is 23.7. The second-order valence-corrected chi connectivity index (χ2v) is 13.0. The van der Waals surface area contributed by atoms with Crippen molar-refractivity contribution in [2.24, 2.45) is 0 Å². The number of para-hydroxylation sites is 4. The fourth-order valence-corrected chi connectivity index (χ4v) is 8.61. The van der Waals surface area contributed by atoms with Crippen molar-refractivity contribution in [1.29, 1.82) is 0 Å². The molecule has 0 N–H and O–H groups in total. The number of aromatic nitrogens is 1. The van der Waals surface area contributed by atoms with E-state index in [1.54, 1.807) is 11.8 Å². The van der Waals surface area contributed by atoms with Crippen LogP contribution < -0.4 is 20.5 Å². The summed E-state index contributed by atoms with van der Waals surface area (Å²) in [5, 5.41) is 2.60. The van der Waals surface area contributed by atoms with Gasteiger partial charge in [0, 0.05) is 39.5 Å². The Morgan fingerprint density at radius 2 is 1.44 bits per heavy atom. The van der Waals surface area contributed by atoms with Gasteiger partial charge in [0.05, 0.1) is 20.8 Å². The Labute approximate surface area is 254 Å². The van der Waals surface area contributed by atoms with E-state index in [1.165, 1.54) is 72.0 Å². The summed E-state index contributed by atoms with van der Waals surface area (Å²) >= 11 is 1.80. The molecule has 6 aromatic carbocycles. The Hall–Kier alpha value is -4.87. The standard InChI is InChI=1S/C38H25BN2OS/c1-22-18-27-26-20-36-34(42-33-16-7-8-17-35(33)43-36)21-31(26)41(29-14-5-3-10-23(29)2)39-28-13-9-12-25-24-11-4-6-15-30(24)40(38(25)28)32(19-22)37(27)39/h3-21H,1-2H3. The summed E-state index contributed by atoms with van der Waals surface area (Å²) in [4.78, 5) is 4.89. The largest absolute Gasteiger partial charge is 0.455 e. The van der Waals surface area contributed by atoms with Gasteiger partial charge in [0.1, 0.15) is 11.5 Å². The minimum atomic E-state index is 0.0151. The Bertz CT molecular complexity index is 2360. The zero-order chi connectivity index (χ0) is 28.4. The van der Waals surface area contributed by atoms with Crippen LogP contribution in [0, 0.1) is 13.8 Å². The van der Waals surface area contributed by atoms with Crippen molar-refractivity contribution >= 4 is 62.7 Å². The first-order valence-electron chi connectivity index (χ1n) is 14.8. The molecule has 3 aliphatic rings. The highest BCUT2D eigenvalue weighted by Gasteiger charge is 2.44. The summed E-state index contributed by atoms with van der Waals surface area (Å²) in [6.45, 7) is 4.47. The van der Waals surface area contributed by atoms with Gasteiger partial charge in [0.2, 0.25) is 0 Å². The third-order valence-corrected chi connectivity index (χ3v) is 10.5. The molecule has 202 valence electrons. The van der Waals surface area contributed by atoms with Crippen molar-refractivity contribution in [2.45, 2.75) is 23.6 Å². The summed E-state index contributed by atoms with van der Waals surface area (Å²) < 4.78 is 9.10. The van der Waals surface area contributed by atoms with Gasteiger partial charge < -0.3 is 14.1 Å². The van der Waals surface area contributed by atoms with Gasteiger partial charge in [-0.05, 0) is 77.9 Å². The SMILES string of the molecule is Cc1cc2c3c(c1)-n1c4ccccc4c4cccc(c41)B3N(c1ccccc1C)c1cc3c(cc1-2)Sc1ccccc1O3. The van der Waals surface area contributed by atoms with Crippen LogP contribution in [0.25, 0.3) is 38.6 Å². The molecule has 3 aliphatic heterocycles. The van der Waals surface area contributed by atoms with E-state index < -0.39 is 0 Å². The van der Waals surface area contributed by atoms with Crippen molar-refractivity contribution in [2.75, 3.05) is 4.81 Å². The maximum atomic E-state index is 6.58. The molecular formula is C38H25BN2OS. The zero-order valence-corrected chi connectivity index (χ0v) is 24.6. The van der Waals surface area contributed by atoms with Gasteiger partial charge >= 0.3 is 6.85 Å². The highest BCUT2D eigenvalue weighted by Crippen LogP contribution is 2.53. The Morgan fingerprint density at radius 3 is 2.37 bits per heavy atom. The third-order valence-electron chi connectivity index (χ3n) is 9.37. The topological polar surface area (TPSA) is 17.4 Å². The lowest BCUT2D eigenvalue weighted by molar-refractivity contribution is 0.455. The lowest BCUT2D eigenvalue weighted by atomic mass is 9.44. The minimum Gasteiger partial charge on any atom is -0.455 e. The van der Waals surface area contributed by atoms with Gasteiger partial charge in [-0.15, -0.1) is 0 Å². The van der Waals surface area contributed by atoms with Crippen molar-refractivity contribution in [3.8, 4) is 28.3 Å². The summed E-state index contributed by atoms with van der Waals surface area (Å²) in [6.07, 6.45) is 0. The lowest BCUT2D eigenvalue weighted by Crippen LogP contribution is -2.60. The molecule has 0 saturated carbocycles. The molecule has 10 rings (SSSR count). The maximum absolute atomic E-state index is 6.58. The second-order valence-electron chi connectivity index (χ2n) is 11.9. The van der Waals surface area contributed by atoms with Crippen LogP contribution in [0.15, 0.2) is 125 Å². The van der Waals surface area contributed by atoms with E-state index in [0.717, 1.165) is 21.3 Å². The molecule has 3 nitrogen and oxygen atoms in total. The van der Waals surface area contributed by atoms with Crippen LogP contribution in [0.4, 0.5) is 11.4 Å². The molecule has 0 spiro atoms. The van der Waals surface area contributed by atoms with Gasteiger partial charge in [-0.1, -0.05) is 84.6 Å². The molecular weight excluding hydrogens is 543 g/mol. The maximum Gasteiger partial charge on any atom is 0.333 e. The van der Waals surface area contributed by atoms with Crippen LogP contribution in [0.2, 0.25) is 0 Å². The minimum absolute atomic E-state index is 0.0151. The molecule has 5 heteroatoms. The molecule has 0 amide bonds. The van der Waals surface area contributed by atoms with E-state index in [1.807, 2.05) is 6.07 Å². The molecule has 0 saturated heterocycles. The van der Waals surface area contributed by atoms with E-state index in [9.17, 15) is 0 Å². The van der Waals surface area contributed by atoms with E-state index in [-0.39, 0.29) is 6.85 Å². The Balaban J connectivity index is 1.36. The number of hydrogen-bond donors (Lipinski definition) is 0. The average molecular weight is 569 g/mol. The number of nitrogens with zero attached hydrogens (tertiary/aromatic N) is 2. The van der Waals surface area contributed by atoms with E-state index in [4.69, 9.17) is 4.74 Å². The predicted octanol–water partition coefficient (Wildman–Crippen LogP) is 8.90. The molecule has 4 heterocycles. The third kappa shape index (κ3) is 3.07. The van der Waals surface area contributed by atoms with Gasteiger partial charge in [0.15, 0.2) is 0 Å². The van der Waals surface area contributed by atoms with Gasteiger partial charge in [-0.3, -0.25) is 0 Å². The number of rotatable bonds is 1. The molecule has 43 heavy (non-hydrogen) atoms. The van der Waals surface area contributed by atoms with Crippen molar-refractivity contribution < 1.29 is 4.74 Å². The summed E-state index contributed by atoms with van der Waals surface area (Å²) in [7, 11) is 0. The van der Waals surface area contributed by atoms with Crippen molar-refractivity contribution in [3.63, 3.8) is 0 Å². The highest BCUT2D eigenvalue weighted by atomic mass is 32.2. The van der Waals surface area contributed by atoms with Crippen molar-refractivity contribution in [3.05, 3.63) is 126 Å². The van der Waals surface area contributed by atoms with Crippen LogP contribution in [-0.4, -0.2) is 11.4 Å². The summed E-state index contributed by atoms with van der Waals surface area (Å²) in [5.74, 6) is 1.84. The molecule has 0 aliphatic carbocycles. The molecule has 1 aromatic heterocycles. The second kappa shape index (κ2) is 8.37. The Kier molecular flexibility index (Phi) is 4.60. The molecule has 0 unspecified atom stereocenters. The summed E-state index contributed by atoms with van der Waals surface area (Å²) in [5.41, 5.74) is 14.0. The van der Waals surface area contributed by atoms with Crippen LogP contribution in [0.3, 0.4) is 0 Å². The predicted molar refractivity (Wildman–Crippen MR) is 180 cm³/mol. The van der Waals surface area contributed by atoms with Gasteiger partial charge in [0.25, 0.3) is 0 Å². The number of fused-ring (bicyclic) bond motifs is 9. The van der Waals surface area contributed by atoms with Crippen LogP contribution in [-0.2, 0) is 0 Å². The van der Waals surface area contributed by atoms with Gasteiger partial charge in [-0.25, -0.2) is 0 Å². The fraction of sp³-hybridized carbons (Fsp3) is 0.0526. The monoisotopic (exact) mass is 568 g/mol. The van der Waals surface area contributed by atoms with Gasteiger partial charge in [-0.2, -0.15) is 0 Å². The molecule has 7 aromatic rings. The van der Waals surface area contributed by atoms with Crippen LogP contribution in [0.1, 0.15) is 11.1 Å². The number of hydrogen-bond acceptors (Lipinski definition) is 3. The number of aryl methyl sites for hydroxylation is 2. The smallest absolute Gasteiger partial charge is 0.333 e.